The topological polar surface area (TPSA) is 21.3 Å². The maximum Gasteiger partial charge on any atom is 0.0829 e. The summed E-state index contributed by atoms with van der Waals surface area (Å²) in [5.41, 5.74) is 0.146. The number of alkyl halides is 1. The van der Waals surface area contributed by atoms with Crippen LogP contribution < -0.4 is 5.32 Å². The molecule has 3 heteroatoms. The van der Waals surface area contributed by atoms with Gasteiger partial charge < -0.3 is 10.1 Å². The van der Waals surface area contributed by atoms with Crippen LogP contribution in [0.15, 0.2) is 0 Å². The highest BCUT2D eigenvalue weighted by atomic mass is 35.5. The van der Waals surface area contributed by atoms with Gasteiger partial charge >= 0.3 is 0 Å². The summed E-state index contributed by atoms with van der Waals surface area (Å²) in [5, 5.41) is 3.31. The van der Waals surface area contributed by atoms with Crippen LogP contribution in [0, 0.1) is 5.92 Å². The fraction of sp³-hybridized carbons (Fsp3) is 1.00. The first kappa shape index (κ1) is 16.3. The first-order chi connectivity index (χ1) is 8.77. The quantitative estimate of drug-likeness (QED) is 0.384. The Bertz CT molecular complexity index is 191. The summed E-state index contributed by atoms with van der Waals surface area (Å²) in [6.07, 6.45) is 10.2. The summed E-state index contributed by atoms with van der Waals surface area (Å²) in [6.45, 7) is 6.44. The molecule has 3 atom stereocenters. The van der Waals surface area contributed by atoms with E-state index >= 15 is 0 Å². The minimum atomic E-state index is 0.146. The second-order valence-electron chi connectivity index (χ2n) is 5.46. The highest BCUT2D eigenvalue weighted by Gasteiger charge is 2.27. The van der Waals surface area contributed by atoms with Crippen molar-refractivity contribution in [1.29, 1.82) is 0 Å². The van der Waals surface area contributed by atoms with Crippen LogP contribution in [0.2, 0.25) is 0 Å². The van der Waals surface area contributed by atoms with E-state index < -0.39 is 0 Å². The van der Waals surface area contributed by atoms with E-state index in [0.717, 1.165) is 19.6 Å². The van der Waals surface area contributed by atoms with Gasteiger partial charge in [-0.3, -0.25) is 0 Å². The number of unbranched alkanes of at least 4 members (excludes halogenated alkanes) is 3. The van der Waals surface area contributed by atoms with E-state index in [9.17, 15) is 0 Å². The lowest BCUT2D eigenvalue weighted by Crippen LogP contribution is -2.39. The number of ether oxygens (including phenoxy) is 1. The molecule has 18 heavy (non-hydrogen) atoms. The van der Waals surface area contributed by atoms with Crippen molar-refractivity contribution in [2.45, 2.75) is 76.8 Å². The third kappa shape index (κ3) is 6.40. The first-order valence-electron chi connectivity index (χ1n) is 7.77. The Labute approximate surface area is 118 Å². The maximum absolute atomic E-state index is 6.21. The molecule has 0 aromatic rings. The summed E-state index contributed by atoms with van der Waals surface area (Å²) < 4.78 is 6.13. The Morgan fingerprint density at radius 2 is 2.00 bits per heavy atom. The predicted molar refractivity (Wildman–Crippen MR) is 79.2 cm³/mol. The minimum absolute atomic E-state index is 0.146. The lowest BCUT2D eigenvalue weighted by molar-refractivity contribution is -0.00689. The van der Waals surface area contributed by atoms with Gasteiger partial charge in [0.15, 0.2) is 0 Å². The first-order valence-corrected chi connectivity index (χ1v) is 8.20. The number of hydrogen-bond acceptors (Lipinski definition) is 2. The van der Waals surface area contributed by atoms with E-state index in [1.54, 1.807) is 0 Å². The van der Waals surface area contributed by atoms with Crippen LogP contribution in [-0.4, -0.2) is 24.8 Å². The molecule has 0 aromatic carbocycles. The minimum Gasteiger partial charge on any atom is -0.378 e. The van der Waals surface area contributed by atoms with Crippen molar-refractivity contribution in [3.8, 4) is 0 Å². The van der Waals surface area contributed by atoms with Crippen LogP contribution in [0.3, 0.4) is 0 Å². The average Bonchev–Trinajstić information content (AvgIpc) is 2.37. The zero-order valence-electron chi connectivity index (χ0n) is 12.1. The molecule has 0 saturated carbocycles. The molecule has 0 amide bonds. The molecule has 1 N–H and O–H groups in total. The Hall–Kier alpha value is 0.210. The maximum atomic E-state index is 6.21. The van der Waals surface area contributed by atoms with E-state index in [1.807, 2.05) is 0 Å². The largest absolute Gasteiger partial charge is 0.378 e. The standard InChI is InChI=1S/C15H30ClNO/c1-3-5-7-8-14(18-11-6-4-2)13-9-10-17-15(16)12-13/h13-15,17H,3-12H2,1-2H3. The number of halogens is 1. The highest BCUT2D eigenvalue weighted by molar-refractivity contribution is 6.20. The van der Waals surface area contributed by atoms with Gasteiger partial charge in [-0.2, -0.15) is 0 Å². The lowest BCUT2D eigenvalue weighted by atomic mass is 9.89. The van der Waals surface area contributed by atoms with Gasteiger partial charge in [0.25, 0.3) is 0 Å². The molecule has 0 aromatic heterocycles. The van der Waals surface area contributed by atoms with Gasteiger partial charge in [0.1, 0.15) is 0 Å². The molecule has 0 radical (unpaired) electrons. The van der Waals surface area contributed by atoms with E-state index in [4.69, 9.17) is 16.3 Å². The third-order valence-corrected chi connectivity index (χ3v) is 4.17. The van der Waals surface area contributed by atoms with Crippen LogP contribution >= 0.6 is 11.6 Å². The fourth-order valence-corrected chi connectivity index (χ4v) is 3.00. The highest BCUT2D eigenvalue weighted by Crippen LogP contribution is 2.27. The van der Waals surface area contributed by atoms with Crippen molar-refractivity contribution in [1.82, 2.24) is 5.32 Å². The zero-order chi connectivity index (χ0) is 13.2. The van der Waals surface area contributed by atoms with E-state index in [1.165, 1.54) is 44.9 Å². The SMILES string of the molecule is CCCCCC(OCCCC)C1CCNC(Cl)C1. The molecule has 0 bridgehead atoms. The van der Waals surface area contributed by atoms with Crippen molar-refractivity contribution in [3.63, 3.8) is 0 Å². The Balaban J connectivity index is 2.35. The van der Waals surface area contributed by atoms with Gasteiger partial charge in [-0.25, -0.2) is 0 Å². The number of piperidine rings is 1. The molecule has 1 heterocycles. The van der Waals surface area contributed by atoms with Crippen molar-refractivity contribution >= 4 is 11.6 Å². The van der Waals surface area contributed by atoms with Crippen LogP contribution in [0.4, 0.5) is 0 Å². The van der Waals surface area contributed by atoms with Crippen LogP contribution in [0.25, 0.3) is 0 Å². The van der Waals surface area contributed by atoms with Gasteiger partial charge in [-0.1, -0.05) is 39.5 Å². The molecule has 1 aliphatic heterocycles. The van der Waals surface area contributed by atoms with Gasteiger partial charge in [-0.15, -0.1) is 11.6 Å². The molecule has 1 rings (SSSR count). The normalized spacial score (nSPS) is 26.2. The predicted octanol–water partition coefficient (Wildman–Crippen LogP) is 4.32. The van der Waals surface area contributed by atoms with Crippen molar-refractivity contribution in [2.75, 3.05) is 13.2 Å². The second kappa shape index (κ2) is 10.1. The monoisotopic (exact) mass is 275 g/mol. The molecule has 2 nitrogen and oxygen atoms in total. The van der Waals surface area contributed by atoms with Crippen molar-refractivity contribution in [2.24, 2.45) is 5.92 Å². The molecule has 0 aliphatic carbocycles. The van der Waals surface area contributed by atoms with Crippen molar-refractivity contribution in [3.05, 3.63) is 0 Å². The van der Waals surface area contributed by atoms with Gasteiger partial charge in [-0.05, 0) is 38.1 Å². The van der Waals surface area contributed by atoms with Crippen molar-refractivity contribution < 1.29 is 4.74 Å². The number of rotatable bonds is 9. The van der Waals surface area contributed by atoms with E-state index in [-0.39, 0.29) is 5.50 Å². The molecule has 0 spiro atoms. The number of nitrogens with one attached hydrogen (secondary N) is 1. The molecule has 3 unspecified atom stereocenters. The molecular weight excluding hydrogens is 246 g/mol. The van der Waals surface area contributed by atoms with Crippen LogP contribution in [0.1, 0.15) is 65.2 Å². The Morgan fingerprint density at radius 3 is 2.67 bits per heavy atom. The summed E-state index contributed by atoms with van der Waals surface area (Å²) in [7, 11) is 0. The molecule has 108 valence electrons. The van der Waals surface area contributed by atoms with Crippen LogP contribution in [0.5, 0.6) is 0 Å². The second-order valence-corrected chi connectivity index (χ2v) is 5.99. The van der Waals surface area contributed by atoms with Gasteiger partial charge in [0.05, 0.1) is 11.6 Å². The van der Waals surface area contributed by atoms with E-state index in [2.05, 4.69) is 19.2 Å². The number of hydrogen-bond donors (Lipinski definition) is 1. The summed E-state index contributed by atoms with van der Waals surface area (Å²) >= 11 is 6.21. The van der Waals surface area contributed by atoms with Gasteiger partial charge in [0.2, 0.25) is 0 Å². The zero-order valence-corrected chi connectivity index (χ0v) is 12.8. The Kier molecular flexibility index (Phi) is 9.08. The molecule has 1 saturated heterocycles. The smallest absolute Gasteiger partial charge is 0.0829 e. The third-order valence-electron chi connectivity index (χ3n) is 3.84. The Morgan fingerprint density at radius 1 is 1.22 bits per heavy atom. The summed E-state index contributed by atoms with van der Waals surface area (Å²) in [5.74, 6) is 0.655. The van der Waals surface area contributed by atoms with Gasteiger partial charge in [0, 0.05) is 6.61 Å². The molecule has 1 aliphatic rings. The molecule has 1 fully saturated rings. The fourth-order valence-electron chi connectivity index (χ4n) is 2.66. The summed E-state index contributed by atoms with van der Waals surface area (Å²) in [4.78, 5) is 0. The summed E-state index contributed by atoms with van der Waals surface area (Å²) in [6, 6.07) is 0. The molecular formula is C15H30ClNO. The lowest BCUT2D eigenvalue weighted by Gasteiger charge is -2.33. The van der Waals surface area contributed by atoms with E-state index in [0.29, 0.717) is 12.0 Å². The average molecular weight is 276 g/mol. The van der Waals surface area contributed by atoms with Crippen LogP contribution in [-0.2, 0) is 4.74 Å².